The molecule has 84 valence electrons. The van der Waals surface area contributed by atoms with E-state index in [1.165, 1.54) is 4.88 Å². The molecule has 4 heteroatoms. The van der Waals surface area contributed by atoms with Crippen LogP contribution >= 0.6 is 11.3 Å². The third-order valence-electron chi connectivity index (χ3n) is 1.92. The van der Waals surface area contributed by atoms with Crippen LogP contribution in [-0.4, -0.2) is 30.7 Å². The molecule has 0 unspecified atom stereocenters. The maximum Gasteiger partial charge on any atom is 0.409 e. The zero-order valence-electron chi connectivity index (χ0n) is 9.40. The van der Waals surface area contributed by atoms with Gasteiger partial charge in [0.05, 0.1) is 6.10 Å². The molecule has 1 heterocycles. The molecule has 0 saturated carbocycles. The van der Waals surface area contributed by atoms with E-state index < -0.39 is 0 Å². The second-order valence-corrected chi connectivity index (χ2v) is 4.72. The Labute approximate surface area is 94.7 Å². The first-order valence-corrected chi connectivity index (χ1v) is 5.91. The van der Waals surface area contributed by atoms with Gasteiger partial charge in [-0.05, 0) is 31.7 Å². The quantitative estimate of drug-likeness (QED) is 0.791. The molecule has 0 aliphatic carbocycles. The first-order chi connectivity index (χ1) is 7.09. The smallest absolute Gasteiger partial charge is 0.409 e. The van der Waals surface area contributed by atoms with Crippen molar-refractivity contribution in [3.63, 3.8) is 0 Å². The average molecular weight is 227 g/mol. The number of hydrogen-bond acceptors (Lipinski definition) is 3. The predicted molar refractivity (Wildman–Crippen MR) is 62.3 cm³/mol. The Morgan fingerprint density at radius 3 is 2.87 bits per heavy atom. The Morgan fingerprint density at radius 2 is 2.33 bits per heavy atom. The molecule has 0 aromatic carbocycles. The first-order valence-electron chi connectivity index (χ1n) is 5.03. The molecule has 1 rings (SSSR count). The molecule has 0 radical (unpaired) electrons. The van der Waals surface area contributed by atoms with Crippen molar-refractivity contribution < 1.29 is 9.53 Å². The SMILES string of the molecule is CC(C)OC(=O)N(C)CCc1cccs1. The zero-order valence-corrected chi connectivity index (χ0v) is 10.2. The van der Waals surface area contributed by atoms with Gasteiger partial charge >= 0.3 is 6.09 Å². The molecular weight excluding hydrogens is 210 g/mol. The van der Waals surface area contributed by atoms with Gasteiger partial charge in [0.25, 0.3) is 0 Å². The van der Waals surface area contributed by atoms with Crippen LogP contribution in [0.15, 0.2) is 17.5 Å². The second-order valence-electron chi connectivity index (χ2n) is 3.68. The number of amides is 1. The summed E-state index contributed by atoms with van der Waals surface area (Å²) in [5, 5.41) is 2.04. The highest BCUT2D eigenvalue weighted by molar-refractivity contribution is 7.09. The maximum atomic E-state index is 11.4. The summed E-state index contributed by atoms with van der Waals surface area (Å²) in [7, 11) is 1.76. The Hall–Kier alpha value is -1.03. The van der Waals surface area contributed by atoms with Gasteiger partial charge in [0.15, 0.2) is 0 Å². The highest BCUT2D eigenvalue weighted by Crippen LogP contribution is 2.09. The summed E-state index contributed by atoms with van der Waals surface area (Å²) in [5.41, 5.74) is 0. The molecule has 0 aliphatic heterocycles. The van der Waals surface area contributed by atoms with Gasteiger partial charge in [-0.25, -0.2) is 4.79 Å². The van der Waals surface area contributed by atoms with Crippen LogP contribution < -0.4 is 0 Å². The number of ether oxygens (including phenoxy) is 1. The van der Waals surface area contributed by atoms with Crippen molar-refractivity contribution in [1.82, 2.24) is 4.90 Å². The molecule has 0 fully saturated rings. The van der Waals surface area contributed by atoms with Crippen molar-refractivity contribution in [3.8, 4) is 0 Å². The molecule has 3 nitrogen and oxygen atoms in total. The number of nitrogens with zero attached hydrogens (tertiary/aromatic N) is 1. The predicted octanol–water partition coefficient (Wildman–Crippen LogP) is 2.77. The minimum atomic E-state index is -0.249. The Bertz CT molecular complexity index is 296. The van der Waals surface area contributed by atoms with Gasteiger partial charge < -0.3 is 9.64 Å². The lowest BCUT2D eigenvalue weighted by atomic mass is 10.3. The lowest BCUT2D eigenvalue weighted by molar-refractivity contribution is 0.0844. The van der Waals surface area contributed by atoms with Crippen LogP contribution in [0.4, 0.5) is 4.79 Å². The van der Waals surface area contributed by atoms with E-state index in [0.717, 1.165) is 6.42 Å². The lowest BCUT2D eigenvalue weighted by Gasteiger charge is -2.18. The van der Waals surface area contributed by atoms with E-state index in [2.05, 4.69) is 6.07 Å². The van der Waals surface area contributed by atoms with E-state index in [9.17, 15) is 4.79 Å². The van der Waals surface area contributed by atoms with Crippen LogP contribution in [-0.2, 0) is 11.2 Å². The van der Waals surface area contributed by atoms with Gasteiger partial charge in [0.1, 0.15) is 0 Å². The fraction of sp³-hybridized carbons (Fsp3) is 0.545. The molecule has 15 heavy (non-hydrogen) atoms. The topological polar surface area (TPSA) is 29.5 Å². The summed E-state index contributed by atoms with van der Waals surface area (Å²) in [4.78, 5) is 14.3. The van der Waals surface area contributed by atoms with E-state index in [1.54, 1.807) is 23.3 Å². The van der Waals surface area contributed by atoms with Crippen molar-refractivity contribution in [2.24, 2.45) is 0 Å². The van der Waals surface area contributed by atoms with Gasteiger partial charge in [-0.15, -0.1) is 11.3 Å². The Morgan fingerprint density at radius 1 is 1.60 bits per heavy atom. The van der Waals surface area contributed by atoms with Gasteiger partial charge in [0.2, 0.25) is 0 Å². The molecule has 1 aromatic rings. The maximum absolute atomic E-state index is 11.4. The summed E-state index contributed by atoms with van der Waals surface area (Å²) in [6.45, 7) is 4.40. The van der Waals surface area contributed by atoms with Gasteiger partial charge in [-0.1, -0.05) is 6.07 Å². The summed E-state index contributed by atoms with van der Waals surface area (Å²) < 4.78 is 5.07. The molecule has 0 N–H and O–H groups in total. The molecular formula is C11H17NO2S. The van der Waals surface area contributed by atoms with Crippen molar-refractivity contribution in [2.45, 2.75) is 26.4 Å². The molecule has 0 spiro atoms. The fourth-order valence-electron chi connectivity index (χ4n) is 1.12. The van der Waals surface area contributed by atoms with Crippen LogP contribution in [0.25, 0.3) is 0 Å². The van der Waals surface area contributed by atoms with Gasteiger partial charge in [0, 0.05) is 18.5 Å². The molecule has 0 saturated heterocycles. The summed E-state index contributed by atoms with van der Waals surface area (Å²) in [5.74, 6) is 0. The number of carbonyl (C=O) groups is 1. The molecule has 1 amide bonds. The van der Waals surface area contributed by atoms with Crippen LogP contribution in [0.1, 0.15) is 18.7 Å². The average Bonchev–Trinajstić information content (AvgIpc) is 2.65. The number of thiophene rings is 1. The lowest BCUT2D eigenvalue weighted by Crippen LogP contribution is -2.31. The van der Waals surface area contributed by atoms with Crippen molar-refractivity contribution in [3.05, 3.63) is 22.4 Å². The molecule has 0 atom stereocenters. The number of likely N-dealkylation sites (N-methyl/N-ethyl adjacent to an activating group) is 1. The summed E-state index contributed by atoms with van der Waals surface area (Å²) >= 11 is 1.71. The fourth-order valence-corrected chi connectivity index (χ4v) is 1.81. The second kappa shape index (κ2) is 5.75. The third kappa shape index (κ3) is 4.34. The Kier molecular flexibility index (Phi) is 4.62. The largest absolute Gasteiger partial charge is 0.447 e. The number of carbonyl (C=O) groups excluding carboxylic acids is 1. The van der Waals surface area contributed by atoms with Crippen molar-refractivity contribution in [2.75, 3.05) is 13.6 Å². The zero-order chi connectivity index (χ0) is 11.3. The van der Waals surface area contributed by atoms with Crippen molar-refractivity contribution >= 4 is 17.4 Å². The normalized spacial score (nSPS) is 10.4. The third-order valence-corrected chi connectivity index (χ3v) is 2.86. The number of rotatable bonds is 4. The molecule has 0 bridgehead atoms. The highest BCUT2D eigenvalue weighted by Gasteiger charge is 2.11. The number of hydrogen-bond donors (Lipinski definition) is 0. The minimum Gasteiger partial charge on any atom is -0.447 e. The summed E-state index contributed by atoms with van der Waals surface area (Å²) in [6.07, 6.45) is 0.588. The standard InChI is InChI=1S/C11H17NO2S/c1-9(2)14-11(13)12(3)7-6-10-5-4-8-15-10/h4-5,8-9H,6-7H2,1-3H3. The van der Waals surface area contributed by atoms with E-state index in [0.29, 0.717) is 6.54 Å². The van der Waals surface area contributed by atoms with Crippen LogP contribution in [0.2, 0.25) is 0 Å². The van der Waals surface area contributed by atoms with Gasteiger partial charge in [-0.3, -0.25) is 0 Å². The monoisotopic (exact) mass is 227 g/mol. The van der Waals surface area contributed by atoms with E-state index in [-0.39, 0.29) is 12.2 Å². The first kappa shape index (κ1) is 12.0. The van der Waals surface area contributed by atoms with Gasteiger partial charge in [-0.2, -0.15) is 0 Å². The minimum absolute atomic E-state index is 0.0540. The highest BCUT2D eigenvalue weighted by atomic mass is 32.1. The van der Waals surface area contributed by atoms with E-state index in [1.807, 2.05) is 25.3 Å². The van der Waals surface area contributed by atoms with Crippen molar-refractivity contribution in [1.29, 1.82) is 0 Å². The van der Waals surface area contributed by atoms with Crippen LogP contribution in [0, 0.1) is 0 Å². The molecule has 0 aliphatic rings. The van der Waals surface area contributed by atoms with E-state index >= 15 is 0 Å². The summed E-state index contributed by atoms with van der Waals surface area (Å²) in [6, 6.07) is 4.10. The van der Waals surface area contributed by atoms with Crippen LogP contribution in [0.3, 0.4) is 0 Å². The van der Waals surface area contributed by atoms with E-state index in [4.69, 9.17) is 4.74 Å². The molecule has 1 aromatic heterocycles. The van der Waals surface area contributed by atoms with Crippen LogP contribution in [0.5, 0.6) is 0 Å². The Balaban J connectivity index is 2.29.